The molecule has 1 aliphatic rings. The van der Waals surface area contributed by atoms with Crippen LogP contribution in [0.4, 0.5) is 10.5 Å². The predicted molar refractivity (Wildman–Crippen MR) is 132 cm³/mol. The van der Waals surface area contributed by atoms with E-state index < -0.39 is 11.7 Å². The van der Waals surface area contributed by atoms with Crippen LogP contribution in [-0.2, 0) is 11.2 Å². The smallest absolute Gasteiger partial charge is 0.415 e. The Kier molecular flexibility index (Phi) is 6.41. The van der Waals surface area contributed by atoms with Crippen LogP contribution in [-0.4, -0.2) is 40.4 Å². The monoisotopic (exact) mass is 481 g/mol. The molecule has 8 heteroatoms. The minimum absolute atomic E-state index is 0.0463. The van der Waals surface area contributed by atoms with Gasteiger partial charge in [0.25, 0.3) is 0 Å². The lowest BCUT2D eigenvalue weighted by Crippen LogP contribution is -2.41. The van der Waals surface area contributed by atoms with Gasteiger partial charge in [0, 0.05) is 12.0 Å². The number of anilines is 1. The second-order valence-corrected chi connectivity index (χ2v) is 9.71. The van der Waals surface area contributed by atoms with E-state index in [9.17, 15) is 9.59 Å². The molecule has 178 valence electrons. The quantitative estimate of drug-likeness (QED) is 0.447. The number of fused-ring (bicyclic) bond motifs is 1. The Bertz CT molecular complexity index is 1260. The first-order valence-corrected chi connectivity index (χ1v) is 11.5. The lowest BCUT2D eigenvalue weighted by Gasteiger charge is -2.31. The van der Waals surface area contributed by atoms with Crippen molar-refractivity contribution in [3.05, 3.63) is 70.0 Å². The van der Waals surface area contributed by atoms with E-state index in [2.05, 4.69) is 5.10 Å². The molecule has 0 saturated heterocycles. The van der Waals surface area contributed by atoms with Crippen molar-refractivity contribution in [3.63, 3.8) is 0 Å². The summed E-state index contributed by atoms with van der Waals surface area (Å²) in [6, 6.07) is 12.8. The summed E-state index contributed by atoms with van der Waals surface area (Å²) in [6.07, 6.45) is -0.256. The Morgan fingerprint density at radius 1 is 1.15 bits per heavy atom. The van der Waals surface area contributed by atoms with Crippen LogP contribution in [0.2, 0.25) is 5.02 Å². The highest BCUT2D eigenvalue weighted by Crippen LogP contribution is 2.34. The number of aryl methyl sites for hydroxylation is 1. The topological polar surface area (TPSA) is 73.7 Å². The van der Waals surface area contributed by atoms with Crippen molar-refractivity contribution in [1.82, 2.24) is 9.78 Å². The standard InChI is InChI=1S/C26H28ClN3O4/c1-16-24(27)17(2)30(28-16)20-8-6-7-19(15-20)22(31)14-18-9-10-23-21(13-18)29(11-12-33-23)25(32)34-26(3,4)5/h6-10,13,15H,11-12,14H2,1-5H3. The molecule has 0 radical (unpaired) electrons. The van der Waals surface area contributed by atoms with Crippen LogP contribution < -0.4 is 9.64 Å². The zero-order chi connectivity index (χ0) is 24.6. The number of benzene rings is 2. The first kappa shape index (κ1) is 23.8. The van der Waals surface area contributed by atoms with Gasteiger partial charge in [-0.05, 0) is 64.4 Å². The van der Waals surface area contributed by atoms with Crippen molar-refractivity contribution >= 4 is 29.2 Å². The number of aromatic nitrogens is 2. The van der Waals surface area contributed by atoms with Crippen molar-refractivity contribution < 1.29 is 19.1 Å². The number of nitrogens with zero attached hydrogens (tertiary/aromatic N) is 3. The number of Topliss-reactive ketones (excluding diaryl/α,β-unsaturated/α-hetero) is 1. The van der Waals surface area contributed by atoms with Crippen molar-refractivity contribution in [2.24, 2.45) is 0 Å². The molecule has 1 aromatic heterocycles. The SMILES string of the molecule is Cc1nn(-c2cccc(C(=O)Cc3ccc4c(c3)N(C(=O)OC(C)(C)C)CCO4)c2)c(C)c1Cl. The fourth-order valence-corrected chi connectivity index (χ4v) is 3.97. The maximum absolute atomic E-state index is 13.1. The molecular weight excluding hydrogens is 454 g/mol. The van der Waals surface area contributed by atoms with Gasteiger partial charge in [0.2, 0.25) is 0 Å². The molecule has 0 bridgehead atoms. The van der Waals surface area contributed by atoms with Crippen LogP contribution in [0.3, 0.4) is 0 Å². The predicted octanol–water partition coefficient (Wildman–Crippen LogP) is 5.70. The number of ketones is 1. The summed E-state index contributed by atoms with van der Waals surface area (Å²) in [6.45, 7) is 9.99. The maximum atomic E-state index is 13.1. The van der Waals surface area contributed by atoms with Gasteiger partial charge in [-0.2, -0.15) is 5.10 Å². The molecule has 3 aromatic rings. The lowest BCUT2D eigenvalue weighted by molar-refractivity contribution is 0.0567. The van der Waals surface area contributed by atoms with Crippen molar-refractivity contribution in [2.45, 2.75) is 46.6 Å². The van der Waals surface area contributed by atoms with Crippen molar-refractivity contribution in [3.8, 4) is 11.4 Å². The molecule has 1 amide bonds. The highest BCUT2D eigenvalue weighted by atomic mass is 35.5. The second-order valence-electron chi connectivity index (χ2n) is 9.33. The minimum Gasteiger partial charge on any atom is -0.490 e. The molecule has 4 rings (SSSR count). The summed E-state index contributed by atoms with van der Waals surface area (Å²) < 4.78 is 13.0. The van der Waals surface area contributed by atoms with Crippen molar-refractivity contribution in [2.75, 3.05) is 18.1 Å². The van der Waals surface area contributed by atoms with Gasteiger partial charge in [-0.1, -0.05) is 29.8 Å². The molecule has 2 aromatic carbocycles. The molecule has 0 fully saturated rings. The van der Waals surface area contributed by atoms with E-state index in [1.807, 2.05) is 65.0 Å². The first-order chi connectivity index (χ1) is 16.0. The molecule has 0 unspecified atom stereocenters. The molecular formula is C26H28ClN3O4. The molecule has 0 aliphatic carbocycles. The largest absolute Gasteiger partial charge is 0.490 e. The second kappa shape index (κ2) is 9.14. The Labute approximate surface area is 204 Å². The Morgan fingerprint density at radius 3 is 2.59 bits per heavy atom. The van der Waals surface area contributed by atoms with Gasteiger partial charge >= 0.3 is 6.09 Å². The zero-order valence-corrected chi connectivity index (χ0v) is 20.8. The summed E-state index contributed by atoms with van der Waals surface area (Å²) >= 11 is 6.29. The van der Waals surface area contributed by atoms with Gasteiger partial charge in [0.15, 0.2) is 5.78 Å². The Hall–Kier alpha value is -3.32. The van der Waals surface area contributed by atoms with E-state index >= 15 is 0 Å². The number of hydrogen-bond donors (Lipinski definition) is 0. The van der Waals surface area contributed by atoms with E-state index in [1.54, 1.807) is 21.7 Å². The molecule has 1 aliphatic heterocycles. The lowest BCUT2D eigenvalue weighted by atomic mass is 10.0. The Morgan fingerprint density at radius 2 is 1.91 bits per heavy atom. The number of carbonyl (C=O) groups is 2. The molecule has 0 N–H and O–H groups in total. The minimum atomic E-state index is -0.607. The normalized spacial score (nSPS) is 13.3. The van der Waals surface area contributed by atoms with Crippen LogP contribution in [0.25, 0.3) is 5.69 Å². The molecule has 0 saturated carbocycles. The first-order valence-electron chi connectivity index (χ1n) is 11.1. The maximum Gasteiger partial charge on any atom is 0.415 e. The van der Waals surface area contributed by atoms with E-state index in [1.165, 1.54) is 0 Å². The van der Waals surface area contributed by atoms with Crippen LogP contribution in [0.15, 0.2) is 42.5 Å². The van der Waals surface area contributed by atoms with Gasteiger partial charge < -0.3 is 9.47 Å². The van der Waals surface area contributed by atoms with E-state index in [0.29, 0.717) is 35.2 Å². The van der Waals surface area contributed by atoms with E-state index in [4.69, 9.17) is 21.1 Å². The summed E-state index contributed by atoms with van der Waals surface area (Å²) in [5.41, 5.74) is 3.68. The molecule has 0 atom stereocenters. The average molecular weight is 482 g/mol. The number of amides is 1. The summed E-state index contributed by atoms with van der Waals surface area (Å²) in [4.78, 5) is 27.4. The van der Waals surface area contributed by atoms with Gasteiger partial charge in [-0.25, -0.2) is 9.48 Å². The third-order valence-corrected chi connectivity index (χ3v) is 6.03. The van der Waals surface area contributed by atoms with Crippen LogP contribution in [0.1, 0.15) is 48.1 Å². The highest BCUT2D eigenvalue weighted by Gasteiger charge is 2.28. The summed E-state index contributed by atoms with van der Waals surface area (Å²) in [5.74, 6) is 0.548. The molecule has 0 spiro atoms. The number of hydrogen-bond acceptors (Lipinski definition) is 5. The summed E-state index contributed by atoms with van der Waals surface area (Å²) in [5, 5.41) is 5.09. The fourth-order valence-electron chi connectivity index (χ4n) is 3.85. The van der Waals surface area contributed by atoms with Crippen LogP contribution in [0, 0.1) is 13.8 Å². The third-order valence-electron chi connectivity index (χ3n) is 5.48. The summed E-state index contributed by atoms with van der Waals surface area (Å²) in [7, 11) is 0. The van der Waals surface area contributed by atoms with Gasteiger partial charge in [-0.15, -0.1) is 0 Å². The molecule has 7 nitrogen and oxygen atoms in total. The molecule has 2 heterocycles. The highest BCUT2D eigenvalue weighted by molar-refractivity contribution is 6.31. The Balaban J connectivity index is 1.57. The average Bonchev–Trinajstić information content (AvgIpc) is 3.05. The van der Waals surface area contributed by atoms with Crippen molar-refractivity contribution in [1.29, 1.82) is 0 Å². The van der Waals surface area contributed by atoms with E-state index in [-0.39, 0.29) is 12.2 Å². The van der Waals surface area contributed by atoms with Gasteiger partial charge in [0.05, 0.1) is 34.3 Å². The van der Waals surface area contributed by atoms with Crippen LogP contribution in [0.5, 0.6) is 5.75 Å². The molecule has 34 heavy (non-hydrogen) atoms. The fraction of sp³-hybridized carbons (Fsp3) is 0.346. The number of carbonyl (C=O) groups excluding carboxylic acids is 2. The van der Waals surface area contributed by atoms with Crippen LogP contribution >= 0.6 is 11.6 Å². The third kappa shape index (κ3) is 4.94. The van der Waals surface area contributed by atoms with E-state index in [0.717, 1.165) is 22.6 Å². The number of rotatable bonds is 4. The number of halogens is 1. The van der Waals surface area contributed by atoms with Gasteiger partial charge in [-0.3, -0.25) is 9.69 Å². The number of ether oxygens (including phenoxy) is 2. The zero-order valence-electron chi connectivity index (χ0n) is 20.0. The van der Waals surface area contributed by atoms with Gasteiger partial charge in [0.1, 0.15) is 18.0 Å².